The van der Waals surface area contributed by atoms with Gasteiger partial charge in [0.1, 0.15) is 12.4 Å². The first-order valence-electron chi connectivity index (χ1n) is 7.58. The average Bonchev–Trinajstić information content (AvgIpc) is 3.22. The molecule has 0 aromatic carbocycles. The van der Waals surface area contributed by atoms with Crippen LogP contribution in [0, 0.1) is 6.92 Å². The van der Waals surface area contributed by atoms with Crippen molar-refractivity contribution in [1.29, 1.82) is 0 Å². The van der Waals surface area contributed by atoms with E-state index in [1.807, 2.05) is 17.8 Å². The number of ether oxygens (including phenoxy) is 1. The molecule has 1 aliphatic carbocycles. The molecule has 118 valence electrons. The van der Waals surface area contributed by atoms with Crippen molar-refractivity contribution in [3.05, 3.63) is 29.9 Å². The second-order valence-corrected chi connectivity index (χ2v) is 5.55. The zero-order chi connectivity index (χ0) is 15.5. The largest absolute Gasteiger partial charge is 0.485 e. The van der Waals surface area contributed by atoms with Crippen LogP contribution in [0.4, 0.5) is 0 Å². The van der Waals surface area contributed by atoms with Crippen molar-refractivity contribution < 1.29 is 14.1 Å². The molecule has 1 N–H and O–H groups in total. The number of aryl methyl sites for hydroxylation is 2. The van der Waals surface area contributed by atoms with Crippen molar-refractivity contribution >= 4 is 5.91 Å². The molecule has 0 radical (unpaired) electrons. The van der Waals surface area contributed by atoms with E-state index in [0.717, 1.165) is 37.1 Å². The van der Waals surface area contributed by atoms with Crippen molar-refractivity contribution in [1.82, 2.24) is 20.3 Å². The Morgan fingerprint density at radius 1 is 1.55 bits per heavy atom. The second-order valence-electron chi connectivity index (χ2n) is 5.55. The van der Waals surface area contributed by atoms with Crippen molar-refractivity contribution in [2.75, 3.05) is 0 Å². The summed E-state index contributed by atoms with van der Waals surface area (Å²) in [5.41, 5.74) is 1.07. The summed E-state index contributed by atoms with van der Waals surface area (Å²) in [6, 6.07) is -0.0198. The number of amides is 1. The summed E-state index contributed by atoms with van der Waals surface area (Å²) in [5.74, 6) is 0.529. The molecule has 1 aliphatic rings. The summed E-state index contributed by atoms with van der Waals surface area (Å²) in [6.45, 7) is 4.63. The minimum atomic E-state index is -0.212. The van der Waals surface area contributed by atoms with E-state index >= 15 is 0 Å². The number of aromatic nitrogens is 3. The number of rotatable bonds is 5. The Kier molecular flexibility index (Phi) is 4.13. The predicted molar refractivity (Wildman–Crippen MR) is 78.7 cm³/mol. The minimum Gasteiger partial charge on any atom is -0.485 e. The average molecular weight is 304 g/mol. The van der Waals surface area contributed by atoms with Crippen LogP contribution in [0.2, 0.25) is 0 Å². The van der Waals surface area contributed by atoms with Crippen LogP contribution in [-0.4, -0.2) is 33.0 Å². The summed E-state index contributed by atoms with van der Waals surface area (Å²) in [5, 5.41) is 10.9. The molecule has 0 unspecified atom stereocenters. The maximum atomic E-state index is 12.2. The molecule has 22 heavy (non-hydrogen) atoms. The Labute approximate surface area is 128 Å². The Balaban J connectivity index is 1.63. The van der Waals surface area contributed by atoms with Gasteiger partial charge in [0.2, 0.25) is 0 Å². The van der Waals surface area contributed by atoms with E-state index in [2.05, 4.69) is 15.6 Å². The fourth-order valence-corrected chi connectivity index (χ4v) is 2.73. The van der Waals surface area contributed by atoms with Crippen LogP contribution >= 0.6 is 0 Å². The van der Waals surface area contributed by atoms with Gasteiger partial charge >= 0.3 is 0 Å². The van der Waals surface area contributed by atoms with Crippen LogP contribution in [0.5, 0.6) is 5.75 Å². The number of nitrogens with one attached hydrogen (secondary N) is 1. The van der Waals surface area contributed by atoms with Crippen LogP contribution in [0.25, 0.3) is 0 Å². The third kappa shape index (κ3) is 2.98. The quantitative estimate of drug-likeness (QED) is 0.912. The van der Waals surface area contributed by atoms with Crippen LogP contribution in [0.1, 0.15) is 42.2 Å². The molecule has 2 aromatic heterocycles. The lowest BCUT2D eigenvalue weighted by molar-refractivity contribution is 0.0884. The van der Waals surface area contributed by atoms with E-state index in [1.54, 1.807) is 13.1 Å². The monoisotopic (exact) mass is 304 g/mol. The van der Waals surface area contributed by atoms with Gasteiger partial charge in [-0.05, 0) is 33.1 Å². The summed E-state index contributed by atoms with van der Waals surface area (Å²) >= 11 is 0. The first-order valence-corrected chi connectivity index (χ1v) is 7.58. The first-order chi connectivity index (χ1) is 10.7. The fourth-order valence-electron chi connectivity index (χ4n) is 2.73. The van der Waals surface area contributed by atoms with Crippen molar-refractivity contribution in [2.45, 2.75) is 51.8 Å². The SMILES string of the molecule is CCn1cc(O[C@@H]2CCC[C@@H]2NC(=O)c2nocc2C)cn1. The lowest BCUT2D eigenvalue weighted by Crippen LogP contribution is -2.42. The molecule has 7 heteroatoms. The van der Waals surface area contributed by atoms with E-state index < -0.39 is 0 Å². The first kappa shape index (κ1) is 14.6. The van der Waals surface area contributed by atoms with Gasteiger partial charge in [0, 0.05) is 12.1 Å². The van der Waals surface area contributed by atoms with Crippen molar-refractivity contribution in [3.63, 3.8) is 0 Å². The molecule has 0 bridgehead atoms. The normalized spacial score (nSPS) is 21.0. The van der Waals surface area contributed by atoms with Crippen LogP contribution in [0.3, 0.4) is 0 Å². The molecule has 3 rings (SSSR count). The lowest BCUT2D eigenvalue weighted by atomic mass is 10.2. The maximum absolute atomic E-state index is 12.2. The molecule has 0 saturated heterocycles. The molecule has 7 nitrogen and oxygen atoms in total. The molecule has 0 aliphatic heterocycles. The highest BCUT2D eigenvalue weighted by Gasteiger charge is 2.31. The number of carbonyl (C=O) groups is 1. The topological polar surface area (TPSA) is 82.2 Å². The number of nitrogens with zero attached hydrogens (tertiary/aromatic N) is 3. The van der Waals surface area contributed by atoms with Crippen molar-refractivity contribution in [3.8, 4) is 5.75 Å². The lowest BCUT2D eigenvalue weighted by Gasteiger charge is -2.21. The molecule has 2 heterocycles. The number of carbonyl (C=O) groups excluding carboxylic acids is 1. The molecule has 2 atom stereocenters. The number of hydrogen-bond acceptors (Lipinski definition) is 5. The van der Waals surface area contributed by atoms with Gasteiger partial charge in [-0.15, -0.1) is 0 Å². The fraction of sp³-hybridized carbons (Fsp3) is 0.533. The maximum Gasteiger partial charge on any atom is 0.274 e. The zero-order valence-corrected chi connectivity index (χ0v) is 12.8. The highest BCUT2D eigenvalue weighted by molar-refractivity contribution is 5.93. The standard InChI is InChI=1S/C15H20N4O3/c1-3-19-8-11(7-16-19)22-13-6-4-5-12(13)17-15(20)14-10(2)9-21-18-14/h7-9,12-13H,3-6H2,1-2H3,(H,17,20)/t12-,13+/m0/s1. The van der Waals surface area contributed by atoms with Gasteiger partial charge in [0.15, 0.2) is 11.4 Å². The van der Waals surface area contributed by atoms with Gasteiger partial charge in [0.25, 0.3) is 5.91 Å². The Morgan fingerprint density at radius 2 is 2.41 bits per heavy atom. The van der Waals surface area contributed by atoms with Gasteiger partial charge in [-0.25, -0.2) is 0 Å². The predicted octanol–water partition coefficient (Wildman–Crippen LogP) is 1.93. The van der Waals surface area contributed by atoms with Crippen LogP contribution in [0.15, 0.2) is 23.2 Å². The summed E-state index contributed by atoms with van der Waals surface area (Å²) < 4.78 is 12.6. The number of hydrogen-bond donors (Lipinski definition) is 1. The Hall–Kier alpha value is -2.31. The summed E-state index contributed by atoms with van der Waals surface area (Å²) in [4.78, 5) is 12.2. The van der Waals surface area contributed by atoms with Crippen LogP contribution < -0.4 is 10.1 Å². The molecule has 1 amide bonds. The van der Waals surface area contributed by atoms with E-state index in [0.29, 0.717) is 5.69 Å². The van der Waals surface area contributed by atoms with Gasteiger partial charge in [-0.3, -0.25) is 9.48 Å². The second kappa shape index (κ2) is 6.21. The van der Waals surface area contributed by atoms with Gasteiger partial charge < -0.3 is 14.6 Å². The van der Waals surface area contributed by atoms with E-state index in [4.69, 9.17) is 9.26 Å². The van der Waals surface area contributed by atoms with Gasteiger partial charge in [-0.1, -0.05) is 5.16 Å². The third-order valence-electron chi connectivity index (χ3n) is 3.95. The van der Waals surface area contributed by atoms with Gasteiger partial charge in [-0.2, -0.15) is 5.10 Å². The Bertz CT molecular complexity index is 649. The van der Waals surface area contributed by atoms with E-state index in [-0.39, 0.29) is 18.1 Å². The smallest absolute Gasteiger partial charge is 0.274 e. The highest BCUT2D eigenvalue weighted by atomic mass is 16.5. The summed E-state index contributed by atoms with van der Waals surface area (Å²) in [6.07, 6.45) is 7.86. The molecule has 2 aromatic rings. The molecule has 1 fully saturated rings. The third-order valence-corrected chi connectivity index (χ3v) is 3.95. The molecule has 0 spiro atoms. The zero-order valence-electron chi connectivity index (χ0n) is 12.8. The molecular weight excluding hydrogens is 284 g/mol. The van der Waals surface area contributed by atoms with Crippen LogP contribution in [-0.2, 0) is 6.54 Å². The van der Waals surface area contributed by atoms with Crippen molar-refractivity contribution in [2.24, 2.45) is 0 Å². The van der Waals surface area contributed by atoms with E-state index in [1.165, 1.54) is 6.26 Å². The van der Waals surface area contributed by atoms with Gasteiger partial charge in [0.05, 0.1) is 18.4 Å². The highest BCUT2D eigenvalue weighted by Crippen LogP contribution is 2.25. The Morgan fingerprint density at radius 3 is 3.09 bits per heavy atom. The molecule has 1 saturated carbocycles. The minimum absolute atomic E-state index is 0.0198. The van der Waals surface area contributed by atoms with E-state index in [9.17, 15) is 4.79 Å². The molecular formula is C15H20N4O3. The summed E-state index contributed by atoms with van der Waals surface area (Å²) in [7, 11) is 0.